The lowest BCUT2D eigenvalue weighted by Gasteiger charge is -2.32. The van der Waals surface area contributed by atoms with E-state index >= 15 is 0 Å². The Morgan fingerprint density at radius 3 is 2.79 bits per heavy atom. The Morgan fingerprint density at radius 1 is 1.28 bits per heavy atom. The Bertz CT molecular complexity index is 931. The summed E-state index contributed by atoms with van der Waals surface area (Å²) in [4.78, 5) is 32.7. The number of pyridine rings is 1. The van der Waals surface area contributed by atoms with Crippen LogP contribution in [0.2, 0.25) is 0 Å². The van der Waals surface area contributed by atoms with Crippen LogP contribution in [0.1, 0.15) is 73.1 Å². The molecule has 1 aliphatic heterocycles. The summed E-state index contributed by atoms with van der Waals surface area (Å²) in [5, 5.41) is 8.37. The predicted molar refractivity (Wildman–Crippen MR) is 112 cm³/mol. The number of aromatic nitrogens is 3. The van der Waals surface area contributed by atoms with E-state index in [4.69, 9.17) is 4.98 Å². The van der Waals surface area contributed by atoms with Gasteiger partial charge in [-0.1, -0.05) is 13.3 Å². The van der Waals surface area contributed by atoms with Gasteiger partial charge in [0.05, 0.1) is 22.6 Å². The zero-order valence-corrected chi connectivity index (χ0v) is 17.7. The summed E-state index contributed by atoms with van der Waals surface area (Å²) < 4.78 is 1.77. The first-order chi connectivity index (χ1) is 14.0. The minimum atomic E-state index is -0.125. The van der Waals surface area contributed by atoms with Crippen molar-refractivity contribution in [1.29, 1.82) is 0 Å². The molecule has 3 heterocycles. The molecule has 156 valence electrons. The van der Waals surface area contributed by atoms with Gasteiger partial charge < -0.3 is 10.2 Å². The van der Waals surface area contributed by atoms with Crippen molar-refractivity contribution < 1.29 is 9.59 Å². The molecule has 0 spiro atoms. The maximum atomic E-state index is 13.5. The fourth-order valence-corrected chi connectivity index (χ4v) is 4.30. The summed E-state index contributed by atoms with van der Waals surface area (Å²) >= 11 is 0. The van der Waals surface area contributed by atoms with Crippen molar-refractivity contribution in [2.24, 2.45) is 13.0 Å². The molecule has 1 atom stereocenters. The van der Waals surface area contributed by atoms with E-state index in [1.807, 2.05) is 24.9 Å². The Hall–Kier alpha value is -2.44. The second-order valence-electron chi connectivity index (χ2n) is 8.51. The van der Waals surface area contributed by atoms with Crippen molar-refractivity contribution in [2.75, 3.05) is 19.6 Å². The van der Waals surface area contributed by atoms with Crippen LogP contribution in [0.25, 0.3) is 11.0 Å². The summed E-state index contributed by atoms with van der Waals surface area (Å²) in [6, 6.07) is 1.97. The number of aryl methyl sites for hydroxylation is 2. The fourth-order valence-electron chi connectivity index (χ4n) is 4.30. The Labute approximate surface area is 171 Å². The third-order valence-electron chi connectivity index (χ3n) is 6.12. The molecule has 1 saturated carbocycles. The standard InChI is InChI=1S/C22H31N5O2/c1-4-5-10-23-21(28)16-7-6-11-27(13-16)22(29)17-12-18(15-8-9-15)24-20-19(17)14(2)25-26(20)3/h12,15-16H,4-11,13H2,1-3H3,(H,23,28). The van der Waals surface area contributed by atoms with Crippen LogP contribution in [-0.4, -0.2) is 51.1 Å². The van der Waals surface area contributed by atoms with Crippen LogP contribution in [0.3, 0.4) is 0 Å². The number of unbranched alkanes of at least 4 members (excludes halogenated alkanes) is 1. The molecule has 1 N–H and O–H groups in total. The van der Waals surface area contributed by atoms with Crippen LogP contribution in [0.15, 0.2) is 6.07 Å². The van der Waals surface area contributed by atoms with Gasteiger partial charge in [0.1, 0.15) is 0 Å². The molecule has 1 unspecified atom stereocenters. The number of carbonyl (C=O) groups excluding carboxylic acids is 2. The minimum Gasteiger partial charge on any atom is -0.356 e. The zero-order valence-electron chi connectivity index (χ0n) is 17.7. The second kappa shape index (κ2) is 8.13. The van der Waals surface area contributed by atoms with Crippen LogP contribution < -0.4 is 5.32 Å². The van der Waals surface area contributed by atoms with E-state index in [1.165, 1.54) is 0 Å². The molecule has 0 bridgehead atoms. The molecule has 2 amide bonds. The van der Waals surface area contributed by atoms with Crippen molar-refractivity contribution in [3.63, 3.8) is 0 Å². The lowest BCUT2D eigenvalue weighted by Crippen LogP contribution is -2.45. The molecule has 2 aromatic rings. The summed E-state index contributed by atoms with van der Waals surface area (Å²) in [5.41, 5.74) is 3.29. The summed E-state index contributed by atoms with van der Waals surface area (Å²) in [5.74, 6) is 0.410. The van der Waals surface area contributed by atoms with E-state index in [0.717, 1.165) is 60.9 Å². The molecule has 29 heavy (non-hydrogen) atoms. The molecule has 7 heteroatoms. The zero-order chi connectivity index (χ0) is 20.5. The lowest BCUT2D eigenvalue weighted by molar-refractivity contribution is -0.126. The molecule has 7 nitrogen and oxygen atoms in total. The topological polar surface area (TPSA) is 80.1 Å². The minimum absolute atomic E-state index is 0.00135. The Balaban J connectivity index is 1.59. The summed E-state index contributed by atoms with van der Waals surface area (Å²) in [7, 11) is 1.88. The highest BCUT2D eigenvalue weighted by Crippen LogP contribution is 2.40. The largest absolute Gasteiger partial charge is 0.356 e. The molecule has 0 aromatic carbocycles. The number of hydrogen-bond acceptors (Lipinski definition) is 4. The van der Waals surface area contributed by atoms with Crippen LogP contribution in [-0.2, 0) is 11.8 Å². The molecular weight excluding hydrogens is 366 g/mol. The SMILES string of the molecule is CCCCNC(=O)C1CCCN(C(=O)c2cc(C3CC3)nc3c2c(C)nn3C)C1. The van der Waals surface area contributed by atoms with E-state index in [9.17, 15) is 9.59 Å². The Kier molecular flexibility index (Phi) is 5.56. The van der Waals surface area contributed by atoms with Crippen molar-refractivity contribution in [2.45, 2.75) is 58.3 Å². The number of piperidine rings is 1. The van der Waals surface area contributed by atoms with Crippen molar-refractivity contribution in [1.82, 2.24) is 25.0 Å². The van der Waals surface area contributed by atoms with Crippen molar-refractivity contribution >= 4 is 22.8 Å². The number of nitrogens with one attached hydrogen (secondary N) is 1. The van der Waals surface area contributed by atoms with Crippen molar-refractivity contribution in [3.05, 3.63) is 23.0 Å². The van der Waals surface area contributed by atoms with Gasteiger partial charge in [0, 0.05) is 38.3 Å². The molecule has 0 radical (unpaired) electrons. The van der Waals surface area contributed by atoms with E-state index in [2.05, 4.69) is 17.3 Å². The van der Waals surface area contributed by atoms with Gasteiger partial charge in [0.25, 0.3) is 5.91 Å². The molecular formula is C22H31N5O2. The van der Waals surface area contributed by atoms with Gasteiger partial charge in [-0.05, 0) is 45.1 Å². The molecule has 2 aromatic heterocycles. The monoisotopic (exact) mass is 397 g/mol. The van der Waals surface area contributed by atoms with Gasteiger partial charge in [-0.3, -0.25) is 14.3 Å². The summed E-state index contributed by atoms with van der Waals surface area (Å²) in [6.07, 6.45) is 6.00. The van der Waals surface area contributed by atoms with Gasteiger partial charge in [0.15, 0.2) is 5.65 Å². The van der Waals surface area contributed by atoms with Gasteiger partial charge >= 0.3 is 0 Å². The number of hydrogen-bond donors (Lipinski definition) is 1. The first-order valence-corrected chi connectivity index (χ1v) is 10.9. The van der Waals surface area contributed by atoms with Gasteiger partial charge in [-0.15, -0.1) is 0 Å². The maximum Gasteiger partial charge on any atom is 0.254 e. The molecule has 4 rings (SSSR count). The number of rotatable bonds is 6. The van der Waals surface area contributed by atoms with Crippen LogP contribution in [0, 0.1) is 12.8 Å². The average Bonchev–Trinajstić information content (AvgIpc) is 3.53. The van der Waals surface area contributed by atoms with Crippen LogP contribution in [0.5, 0.6) is 0 Å². The predicted octanol–water partition coefficient (Wildman–Crippen LogP) is 2.92. The Morgan fingerprint density at radius 2 is 2.07 bits per heavy atom. The number of fused-ring (bicyclic) bond motifs is 1. The second-order valence-corrected chi connectivity index (χ2v) is 8.51. The van der Waals surface area contributed by atoms with Crippen LogP contribution in [0.4, 0.5) is 0 Å². The smallest absolute Gasteiger partial charge is 0.254 e. The fraction of sp³-hybridized carbons (Fsp3) is 0.636. The first-order valence-electron chi connectivity index (χ1n) is 10.9. The maximum absolute atomic E-state index is 13.5. The lowest BCUT2D eigenvalue weighted by atomic mass is 9.96. The van der Waals surface area contributed by atoms with Gasteiger partial charge in [-0.2, -0.15) is 5.10 Å². The normalized spacial score (nSPS) is 19.6. The molecule has 2 fully saturated rings. The molecule has 2 aliphatic rings. The highest BCUT2D eigenvalue weighted by atomic mass is 16.2. The highest BCUT2D eigenvalue weighted by Gasteiger charge is 2.32. The van der Waals surface area contributed by atoms with Gasteiger partial charge in [-0.25, -0.2) is 4.98 Å². The van der Waals surface area contributed by atoms with Crippen LogP contribution >= 0.6 is 0 Å². The molecule has 1 saturated heterocycles. The van der Waals surface area contributed by atoms with E-state index in [-0.39, 0.29) is 17.7 Å². The first kappa shape index (κ1) is 19.9. The highest BCUT2D eigenvalue weighted by molar-refractivity contribution is 6.06. The van der Waals surface area contributed by atoms with E-state index in [1.54, 1.807) is 4.68 Å². The van der Waals surface area contributed by atoms with E-state index < -0.39 is 0 Å². The number of carbonyl (C=O) groups is 2. The number of amides is 2. The third-order valence-corrected chi connectivity index (χ3v) is 6.12. The van der Waals surface area contributed by atoms with Gasteiger partial charge in [0.2, 0.25) is 5.91 Å². The number of likely N-dealkylation sites (tertiary alicyclic amines) is 1. The third kappa shape index (κ3) is 4.00. The summed E-state index contributed by atoms with van der Waals surface area (Å²) in [6.45, 7) is 5.93. The van der Waals surface area contributed by atoms with E-state index in [0.29, 0.717) is 31.1 Å². The molecule has 1 aliphatic carbocycles. The quantitative estimate of drug-likeness (QED) is 0.760. The van der Waals surface area contributed by atoms with Crippen molar-refractivity contribution in [3.8, 4) is 0 Å². The average molecular weight is 398 g/mol. The number of nitrogens with zero attached hydrogens (tertiary/aromatic N) is 4.